The molecule has 0 unspecified atom stereocenters. The molecule has 3 N–H and O–H groups in total. The molecule has 0 radical (unpaired) electrons. The summed E-state index contributed by atoms with van der Waals surface area (Å²) in [5, 5.41) is 2.31. The number of halogens is 3. The van der Waals surface area contributed by atoms with Crippen LogP contribution >= 0.6 is 35.6 Å². The molecule has 0 aromatic heterocycles. The zero-order valence-corrected chi connectivity index (χ0v) is 17.4. The fourth-order valence-electron chi connectivity index (χ4n) is 3.52. The second-order valence-corrected chi connectivity index (χ2v) is 7.06. The highest BCUT2D eigenvalue weighted by atomic mass is 35.5. The number of carbonyl (C=O) groups excluding carboxylic acids is 2. The summed E-state index contributed by atoms with van der Waals surface area (Å²) in [5.74, 6) is -0.656. The van der Waals surface area contributed by atoms with Crippen LogP contribution < -0.4 is 16.2 Å². The average molecular weight is 445 g/mol. The molecule has 9 heteroatoms. The van der Waals surface area contributed by atoms with E-state index in [1.165, 1.54) is 12.1 Å². The Labute approximate surface area is 179 Å². The molecule has 0 saturated heterocycles. The van der Waals surface area contributed by atoms with E-state index in [9.17, 15) is 9.59 Å². The fourth-order valence-corrected chi connectivity index (χ4v) is 4.14. The van der Waals surface area contributed by atoms with Gasteiger partial charge in [-0.2, -0.15) is 0 Å². The van der Waals surface area contributed by atoms with Crippen molar-refractivity contribution < 1.29 is 14.3 Å². The van der Waals surface area contributed by atoms with Crippen LogP contribution in [-0.2, 0) is 20.9 Å². The van der Waals surface area contributed by atoms with Gasteiger partial charge in [-0.05, 0) is 29.7 Å². The molecular formula is C19H20Cl3N3O3. The number of hydrogen-bond donors (Lipinski definition) is 2. The van der Waals surface area contributed by atoms with Crippen LogP contribution in [0.2, 0.25) is 10.0 Å². The Morgan fingerprint density at radius 2 is 2.11 bits per heavy atom. The zero-order valence-electron chi connectivity index (χ0n) is 15.0. The van der Waals surface area contributed by atoms with Crippen molar-refractivity contribution in [3.63, 3.8) is 0 Å². The lowest BCUT2D eigenvalue weighted by molar-refractivity contribution is -0.142. The van der Waals surface area contributed by atoms with Crippen molar-refractivity contribution in [2.75, 3.05) is 12.1 Å². The second kappa shape index (κ2) is 9.47. The summed E-state index contributed by atoms with van der Waals surface area (Å²) in [7, 11) is 1.31. The van der Waals surface area contributed by atoms with Crippen LogP contribution in [0.15, 0.2) is 36.4 Å². The van der Waals surface area contributed by atoms with Gasteiger partial charge in [0.1, 0.15) is 6.04 Å². The number of methoxy groups -OCH3 is 1. The van der Waals surface area contributed by atoms with Gasteiger partial charge >= 0.3 is 5.97 Å². The summed E-state index contributed by atoms with van der Waals surface area (Å²) in [6.07, 6.45) is 0.875. The second-order valence-electron chi connectivity index (χ2n) is 6.21. The smallest absolute Gasteiger partial charge is 0.330 e. The maximum Gasteiger partial charge on any atom is 0.330 e. The van der Waals surface area contributed by atoms with Gasteiger partial charge in [0.25, 0.3) is 0 Å². The third-order valence-electron chi connectivity index (χ3n) is 4.71. The van der Waals surface area contributed by atoms with Crippen molar-refractivity contribution in [3.8, 4) is 0 Å². The first-order valence-electron chi connectivity index (χ1n) is 8.34. The van der Waals surface area contributed by atoms with Crippen molar-refractivity contribution in [2.45, 2.75) is 24.9 Å². The molecule has 0 spiro atoms. The van der Waals surface area contributed by atoms with E-state index >= 15 is 0 Å². The zero-order chi connectivity index (χ0) is 19.6. The number of amides is 1. The van der Waals surface area contributed by atoms with Gasteiger partial charge < -0.3 is 10.5 Å². The largest absolute Gasteiger partial charge is 0.467 e. The molecule has 0 bridgehead atoms. The van der Waals surface area contributed by atoms with Crippen LogP contribution in [0.25, 0.3) is 0 Å². The number of benzene rings is 2. The number of fused-ring (bicyclic) bond motifs is 1. The quantitative estimate of drug-likeness (QED) is 0.545. The number of ether oxygens (including phenoxy) is 1. The minimum Gasteiger partial charge on any atom is -0.467 e. The summed E-state index contributed by atoms with van der Waals surface area (Å²) in [5.41, 5.74) is 11.6. The first kappa shape index (κ1) is 22.3. The molecule has 2 aromatic rings. The molecule has 1 heterocycles. The first-order chi connectivity index (χ1) is 13.0. The van der Waals surface area contributed by atoms with Crippen LogP contribution in [0.3, 0.4) is 0 Å². The predicted molar refractivity (Wildman–Crippen MR) is 112 cm³/mol. The van der Waals surface area contributed by atoms with Crippen LogP contribution in [-0.4, -0.2) is 25.5 Å². The highest BCUT2D eigenvalue weighted by molar-refractivity contribution is 6.35. The van der Waals surface area contributed by atoms with Crippen molar-refractivity contribution >= 4 is 53.7 Å². The SMILES string of the molecule is COC(=O)[C@@H]1C[C@@H](c2cccc(CN)c2)c2c(Cl)cc(Cl)cc2N1NC=O.Cl. The molecule has 1 aliphatic heterocycles. The van der Waals surface area contributed by atoms with E-state index in [0.717, 1.165) is 16.7 Å². The van der Waals surface area contributed by atoms with Gasteiger partial charge in [0.05, 0.1) is 12.8 Å². The van der Waals surface area contributed by atoms with E-state index in [-0.39, 0.29) is 18.3 Å². The number of nitrogens with zero attached hydrogens (tertiary/aromatic N) is 1. The highest BCUT2D eigenvalue weighted by Gasteiger charge is 2.39. The topological polar surface area (TPSA) is 84.7 Å². The summed E-state index contributed by atoms with van der Waals surface area (Å²) >= 11 is 12.7. The molecule has 3 rings (SSSR count). The van der Waals surface area contributed by atoms with Crippen LogP contribution in [0.1, 0.15) is 29.0 Å². The Kier molecular flexibility index (Phi) is 7.55. The van der Waals surface area contributed by atoms with Crippen LogP contribution in [0.4, 0.5) is 5.69 Å². The number of esters is 1. The van der Waals surface area contributed by atoms with Crippen molar-refractivity contribution in [2.24, 2.45) is 5.73 Å². The first-order valence-corrected chi connectivity index (χ1v) is 9.10. The molecule has 6 nitrogen and oxygen atoms in total. The Hall–Kier alpha value is -1.99. The molecule has 150 valence electrons. The molecule has 28 heavy (non-hydrogen) atoms. The van der Waals surface area contributed by atoms with E-state index < -0.39 is 12.0 Å². The number of hydrazine groups is 1. The Morgan fingerprint density at radius 3 is 2.75 bits per heavy atom. The number of carbonyl (C=O) groups is 2. The molecular weight excluding hydrogens is 425 g/mol. The number of nitrogens with two attached hydrogens (primary N) is 1. The molecule has 1 aliphatic rings. The molecule has 0 aliphatic carbocycles. The van der Waals surface area contributed by atoms with Gasteiger partial charge in [0.2, 0.25) is 6.41 Å². The Morgan fingerprint density at radius 1 is 1.36 bits per heavy atom. The monoisotopic (exact) mass is 443 g/mol. The van der Waals surface area contributed by atoms with E-state index in [0.29, 0.717) is 35.1 Å². The Balaban J connectivity index is 0.00000280. The van der Waals surface area contributed by atoms with Crippen molar-refractivity contribution in [1.29, 1.82) is 0 Å². The van der Waals surface area contributed by atoms with Gasteiger partial charge in [-0.1, -0.05) is 47.5 Å². The third kappa shape index (κ3) is 4.20. The summed E-state index contributed by atoms with van der Waals surface area (Å²) in [6.45, 7) is 0.404. The summed E-state index contributed by atoms with van der Waals surface area (Å²) < 4.78 is 4.95. The Bertz CT molecular complexity index is 879. The van der Waals surface area contributed by atoms with Crippen molar-refractivity contribution in [3.05, 3.63) is 63.1 Å². The number of rotatable bonds is 5. The predicted octanol–water partition coefficient (Wildman–Crippen LogP) is 3.42. The average Bonchev–Trinajstić information content (AvgIpc) is 2.67. The van der Waals surface area contributed by atoms with E-state index in [4.69, 9.17) is 33.7 Å². The van der Waals surface area contributed by atoms with Gasteiger partial charge in [-0.3, -0.25) is 15.2 Å². The van der Waals surface area contributed by atoms with E-state index in [1.54, 1.807) is 12.1 Å². The number of hydrogen-bond acceptors (Lipinski definition) is 5. The molecule has 0 fully saturated rings. The minimum atomic E-state index is -0.728. The van der Waals surface area contributed by atoms with E-state index in [1.807, 2.05) is 24.3 Å². The van der Waals surface area contributed by atoms with Gasteiger partial charge in [0, 0.05) is 28.1 Å². The van der Waals surface area contributed by atoms with Gasteiger partial charge in [-0.15, -0.1) is 12.4 Å². The lowest BCUT2D eigenvalue weighted by atomic mass is 9.81. The third-order valence-corrected chi connectivity index (χ3v) is 5.24. The summed E-state index contributed by atoms with van der Waals surface area (Å²) in [4.78, 5) is 23.6. The lowest BCUT2D eigenvalue weighted by Gasteiger charge is -2.40. The normalized spacial score (nSPS) is 17.9. The standard InChI is InChI=1S/C19H19Cl2N3O3.ClH/c1-27-19(26)17-8-14(12-4-2-3-11(5-12)9-22)18-15(21)6-13(20)7-16(18)24(17)23-10-25;/h2-7,10,14,17H,8-9,22H2,1H3,(H,23,25);1H/t14-,17-;/m0./s1. The van der Waals surface area contributed by atoms with Crippen LogP contribution in [0, 0.1) is 0 Å². The number of anilines is 1. The van der Waals surface area contributed by atoms with Gasteiger partial charge in [-0.25, -0.2) is 4.79 Å². The molecule has 1 amide bonds. The maximum atomic E-state index is 12.4. The molecule has 0 saturated carbocycles. The highest BCUT2D eigenvalue weighted by Crippen LogP contribution is 2.46. The molecule has 2 atom stereocenters. The van der Waals surface area contributed by atoms with Gasteiger partial charge in [0.15, 0.2) is 0 Å². The lowest BCUT2D eigenvalue weighted by Crippen LogP contribution is -2.53. The minimum absolute atomic E-state index is 0. The number of nitrogens with one attached hydrogen (secondary N) is 1. The van der Waals surface area contributed by atoms with Crippen molar-refractivity contribution in [1.82, 2.24) is 5.43 Å². The van der Waals surface area contributed by atoms with E-state index in [2.05, 4.69) is 5.43 Å². The fraction of sp³-hybridized carbons (Fsp3) is 0.263. The molecule has 2 aromatic carbocycles. The summed E-state index contributed by atoms with van der Waals surface area (Å²) in [6, 6.07) is 10.4. The maximum absolute atomic E-state index is 12.4. The van der Waals surface area contributed by atoms with Crippen LogP contribution in [0.5, 0.6) is 0 Å².